The van der Waals surface area contributed by atoms with E-state index in [2.05, 4.69) is 0 Å². The summed E-state index contributed by atoms with van der Waals surface area (Å²) in [7, 11) is -4.64. The zero-order chi connectivity index (χ0) is 17.8. The van der Waals surface area contributed by atoms with Gasteiger partial charge in [0, 0.05) is 0 Å². The van der Waals surface area contributed by atoms with Crippen LogP contribution in [0.25, 0.3) is 0 Å². The Morgan fingerprint density at radius 3 is 1.50 bits per heavy atom. The minimum atomic E-state index is -4.64. The summed E-state index contributed by atoms with van der Waals surface area (Å²) in [6.45, 7) is -0.332. The molecule has 0 amide bonds. The van der Waals surface area contributed by atoms with E-state index < -0.39 is 38.4 Å². The van der Waals surface area contributed by atoms with Crippen molar-refractivity contribution in [3.63, 3.8) is 0 Å². The zero-order valence-electron chi connectivity index (χ0n) is 12.5. The second-order valence-corrected chi connectivity index (χ2v) is 4.11. The van der Waals surface area contributed by atoms with Crippen LogP contribution in [0.4, 0.5) is 8.78 Å². The minimum absolute atomic E-state index is 0. The van der Waals surface area contributed by atoms with Gasteiger partial charge in [-0.05, 0) is 6.92 Å². The van der Waals surface area contributed by atoms with Crippen molar-refractivity contribution >= 4 is 31.3 Å². The van der Waals surface area contributed by atoms with Gasteiger partial charge in [0.1, 0.15) is 12.2 Å². The van der Waals surface area contributed by atoms with E-state index in [-0.39, 0.29) is 32.5 Å². The molecule has 22 heavy (non-hydrogen) atoms. The molecule has 0 heterocycles. The van der Waals surface area contributed by atoms with Crippen LogP contribution < -0.4 is 18.9 Å². The molecule has 1 atom stereocenters. The van der Waals surface area contributed by atoms with Gasteiger partial charge in [0.15, 0.2) is 6.67 Å². The van der Waals surface area contributed by atoms with Crippen LogP contribution in [0.2, 0.25) is 0 Å². The number of rotatable bonds is 5. The van der Waals surface area contributed by atoms with Gasteiger partial charge < -0.3 is 26.3 Å². The molecule has 0 aromatic carbocycles. The van der Waals surface area contributed by atoms with E-state index in [4.69, 9.17) is 29.5 Å². The molecule has 0 rings (SSSR count). The van der Waals surface area contributed by atoms with Crippen LogP contribution >= 0.6 is 7.82 Å². The number of hydrogen-bond donors (Lipinski definition) is 5. The number of halogens is 2. The largest absolute Gasteiger partial charge is 1.00 e. The first-order chi connectivity index (χ1) is 9.22. The van der Waals surface area contributed by atoms with E-state index in [1.54, 1.807) is 0 Å². The molecule has 0 aromatic rings. The molecule has 1 unspecified atom stereocenters. The quantitative estimate of drug-likeness (QED) is 0.188. The van der Waals surface area contributed by atoms with Gasteiger partial charge in [-0.3, -0.25) is 14.4 Å². The Morgan fingerprint density at radius 2 is 1.45 bits per heavy atom. The number of Topliss-reactive ketones (excluding diaryl/α,β-unsaturated/α-hetero) is 2. The van der Waals surface area contributed by atoms with Crippen LogP contribution in [0, 0.1) is 0 Å². The summed E-state index contributed by atoms with van der Waals surface area (Å²) in [5.41, 5.74) is 0. The van der Waals surface area contributed by atoms with Crippen molar-refractivity contribution in [1.82, 2.24) is 0 Å². The average Bonchev–Trinajstić information content (AvgIpc) is 2.23. The Morgan fingerprint density at radius 1 is 1.14 bits per heavy atom. The van der Waals surface area contributed by atoms with Gasteiger partial charge in [0.2, 0.25) is 5.78 Å². The van der Waals surface area contributed by atoms with Crippen LogP contribution in [0.15, 0.2) is 0 Å². The fraction of sp³-hybridized carbons (Fsp3) is 0.500. The van der Waals surface area contributed by atoms with E-state index in [1.807, 2.05) is 0 Å². The number of hydrogen-bond acceptors (Lipinski definition) is 5. The molecule has 0 aromatic heterocycles. The Hall–Kier alpha value is -1.15. The second-order valence-electron chi connectivity index (χ2n) is 3.09. The summed E-state index contributed by atoms with van der Waals surface area (Å²) in [4.78, 5) is 60.4. The second kappa shape index (κ2) is 14.8. The van der Waals surface area contributed by atoms with Gasteiger partial charge in [-0.25, -0.2) is 18.1 Å². The molecule has 14 heteroatoms. The summed E-state index contributed by atoms with van der Waals surface area (Å²) >= 11 is 0. The Kier molecular flexibility index (Phi) is 19.4. The zero-order valence-corrected chi connectivity index (χ0v) is 12.4. The molecule has 0 saturated heterocycles. The summed E-state index contributed by atoms with van der Waals surface area (Å²) < 4.78 is 31.8. The number of carboxylic acids is 2. The first kappa shape index (κ1) is 28.9. The molecular formula is C8H14F2LiO10P. The summed E-state index contributed by atoms with van der Waals surface area (Å²) in [6, 6.07) is 0. The third kappa shape index (κ3) is 36.4. The molecule has 0 aliphatic carbocycles. The maximum absolute atomic E-state index is 11.7. The van der Waals surface area contributed by atoms with Gasteiger partial charge in [-0.15, -0.1) is 0 Å². The van der Waals surface area contributed by atoms with Crippen molar-refractivity contribution in [2.24, 2.45) is 0 Å². The molecule has 0 aliphatic rings. The molecule has 10 nitrogen and oxygen atoms in total. The maximum Gasteiger partial charge on any atom is 1.00 e. The standard InChI is InChI=1S/C4H4F2O3.C4H6O3.Li.H3O4P.H/c5-1-2(7)3(6)4(8)9;1-3(5)2-4(6)7;;1-5(2,3)4;/h3H,1H2,(H,8,9);2H2,1H3,(H,6,7);;(H3,1,2,3,4);/q;;+1;;-1. The number of carbonyl (C=O) groups is 4. The Balaban J connectivity index is -0.0000000701. The number of phosphoric acid groups is 1. The van der Waals surface area contributed by atoms with Gasteiger partial charge in [-0.2, -0.15) is 0 Å². The van der Waals surface area contributed by atoms with Gasteiger partial charge in [0.25, 0.3) is 6.17 Å². The Labute approximate surface area is 136 Å². The van der Waals surface area contributed by atoms with E-state index in [1.165, 1.54) is 6.92 Å². The van der Waals surface area contributed by atoms with Crippen molar-refractivity contribution < 1.29 is 77.7 Å². The van der Waals surface area contributed by atoms with Crippen LogP contribution in [0.5, 0.6) is 0 Å². The summed E-state index contributed by atoms with van der Waals surface area (Å²) in [5, 5.41) is 15.6. The van der Waals surface area contributed by atoms with Crippen LogP contribution in [-0.4, -0.2) is 61.2 Å². The molecular weight excluding hydrogens is 332 g/mol. The smallest absolute Gasteiger partial charge is 1.00 e. The molecule has 0 saturated carbocycles. The SMILES string of the molecule is CC(=O)CC(=O)O.O=C(O)C(F)C(=O)CF.O=P(O)(O)O.[H-].[Li+]. The first-order valence-electron chi connectivity index (χ1n) is 4.67. The van der Waals surface area contributed by atoms with Crippen LogP contribution in [-0.2, 0) is 23.7 Å². The third-order valence-electron chi connectivity index (χ3n) is 1.03. The van der Waals surface area contributed by atoms with Gasteiger partial charge in [0.05, 0.1) is 0 Å². The van der Waals surface area contributed by atoms with E-state index in [0.29, 0.717) is 0 Å². The van der Waals surface area contributed by atoms with Crippen molar-refractivity contribution in [3.8, 4) is 0 Å². The predicted molar refractivity (Wildman–Crippen MR) is 61.8 cm³/mol. The number of carboxylic acid groups (broad SMARTS) is 2. The average molecular weight is 346 g/mol. The number of carbonyl (C=O) groups excluding carboxylic acids is 2. The normalized spacial score (nSPS) is 10.5. The predicted octanol–water partition coefficient (Wildman–Crippen LogP) is -3.81. The van der Waals surface area contributed by atoms with Crippen LogP contribution in [0.1, 0.15) is 14.8 Å². The molecule has 0 radical (unpaired) electrons. The molecule has 5 N–H and O–H groups in total. The number of alkyl halides is 2. The van der Waals surface area contributed by atoms with Crippen molar-refractivity contribution in [1.29, 1.82) is 0 Å². The molecule has 0 fully saturated rings. The van der Waals surface area contributed by atoms with Crippen molar-refractivity contribution in [2.75, 3.05) is 6.67 Å². The van der Waals surface area contributed by atoms with Gasteiger partial charge in [-0.1, -0.05) is 0 Å². The third-order valence-corrected chi connectivity index (χ3v) is 1.03. The van der Waals surface area contributed by atoms with E-state index in [0.717, 1.165) is 0 Å². The summed E-state index contributed by atoms with van der Waals surface area (Å²) in [6.07, 6.45) is -3.07. The first-order valence-corrected chi connectivity index (χ1v) is 6.23. The number of ketones is 2. The van der Waals surface area contributed by atoms with Crippen molar-refractivity contribution in [3.05, 3.63) is 0 Å². The number of aliphatic carboxylic acids is 2. The van der Waals surface area contributed by atoms with Crippen molar-refractivity contribution in [2.45, 2.75) is 19.5 Å². The fourth-order valence-corrected chi connectivity index (χ4v) is 0.418. The van der Waals surface area contributed by atoms with E-state index >= 15 is 0 Å². The van der Waals surface area contributed by atoms with Gasteiger partial charge >= 0.3 is 38.6 Å². The topological polar surface area (TPSA) is 186 Å². The minimum Gasteiger partial charge on any atom is -1.00 e. The Bertz CT molecular complexity index is 409. The fourth-order valence-electron chi connectivity index (χ4n) is 0.418. The molecule has 0 spiro atoms. The van der Waals surface area contributed by atoms with E-state index in [9.17, 15) is 28.0 Å². The molecule has 126 valence electrons. The maximum atomic E-state index is 11.7. The monoisotopic (exact) mass is 346 g/mol. The molecule has 0 bridgehead atoms. The summed E-state index contributed by atoms with van der Waals surface area (Å²) in [5.74, 6) is -4.87. The van der Waals surface area contributed by atoms with Crippen LogP contribution in [0.3, 0.4) is 0 Å². The molecule has 0 aliphatic heterocycles.